The first-order valence-electron chi connectivity index (χ1n) is 5.41. The number of rotatable bonds is 6. The van der Waals surface area contributed by atoms with Crippen molar-refractivity contribution in [1.29, 1.82) is 0 Å². The summed E-state index contributed by atoms with van der Waals surface area (Å²) in [6.45, 7) is 5.40. The van der Waals surface area contributed by atoms with E-state index in [4.69, 9.17) is 4.74 Å². The Hall–Kier alpha value is -0.930. The quantitative estimate of drug-likeness (QED) is 0.731. The van der Waals surface area contributed by atoms with Gasteiger partial charge in [0.05, 0.1) is 6.10 Å². The molecule has 1 aromatic rings. The molecule has 0 fully saturated rings. The largest absolute Gasteiger partial charge is 0.388 e. The molecule has 0 aromatic carbocycles. The SMILES string of the molecule is CCOCCCC(O)c1cncc(C)c1. The molecule has 0 saturated heterocycles. The van der Waals surface area contributed by atoms with Gasteiger partial charge in [0.25, 0.3) is 0 Å². The molecule has 84 valence electrons. The van der Waals surface area contributed by atoms with E-state index in [0.29, 0.717) is 6.61 Å². The van der Waals surface area contributed by atoms with E-state index in [9.17, 15) is 5.11 Å². The predicted octanol–water partition coefficient (Wildman–Crippen LogP) is 2.24. The molecule has 1 N–H and O–H groups in total. The van der Waals surface area contributed by atoms with Crippen LogP contribution in [0.2, 0.25) is 0 Å². The van der Waals surface area contributed by atoms with Crippen molar-refractivity contribution >= 4 is 0 Å². The summed E-state index contributed by atoms with van der Waals surface area (Å²) >= 11 is 0. The first kappa shape index (κ1) is 12.1. The number of hydrogen-bond donors (Lipinski definition) is 1. The smallest absolute Gasteiger partial charge is 0.0805 e. The molecular weight excluding hydrogens is 190 g/mol. The van der Waals surface area contributed by atoms with E-state index < -0.39 is 6.10 Å². The zero-order valence-electron chi connectivity index (χ0n) is 9.44. The van der Waals surface area contributed by atoms with Crippen molar-refractivity contribution in [1.82, 2.24) is 4.98 Å². The minimum atomic E-state index is -0.419. The Bertz CT molecular complexity index is 289. The normalized spacial score (nSPS) is 12.7. The minimum absolute atomic E-state index is 0.419. The highest BCUT2D eigenvalue weighted by molar-refractivity contribution is 5.18. The van der Waals surface area contributed by atoms with Gasteiger partial charge in [0, 0.05) is 25.6 Å². The van der Waals surface area contributed by atoms with Crippen LogP contribution in [0.3, 0.4) is 0 Å². The van der Waals surface area contributed by atoms with Gasteiger partial charge in [0.15, 0.2) is 0 Å². The Labute approximate surface area is 91.1 Å². The number of ether oxygens (including phenoxy) is 1. The maximum Gasteiger partial charge on any atom is 0.0805 e. The maximum absolute atomic E-state index is 9.85. The highest BCUT2D eigenvalue weighted by Crippen LogP contribution is 2.17. The molecule has 0 aliphatic rings. The lowest BCUT2D eigenvalue weighted by Crippen LogP contribution is -2.01. The van der Waals surface area contributed by atoms with E-state index in [2.05, 4.69) is 4.98 Å². The zero-order valence-corrected chi connectivity index (χ0v) is 9.44. The van der Waals surface area contributed by atoms with Crippen molar-refractivity contribution < 1.29 is 9.84 Å². The van der Waals surface area contributed by atoms with E-state index in [0.717, 1.165) is 30.6 Å². The van der Waals surface area contributed by atoms with Crippen molar-refractivity contribution in [3.05, 3.63) is 29.6 Å². The topological polar surface area (TPSA) is 42.4 Å². The van der Waals surface area contributed by atoms with E-state index in [-0.39, 0.29) is 0 Å². The third kappa shape index (κ3) is 4.40. The highest BCUT2D eigenvalue weighted by Gasteiger charge is 2.07. The average molecular weight is 209 g/mol. The van der Waals surface area contributed by atoms with E-state index in [1.807, 2.05) is 19.9 Å². The average Bonchev–Trinajstić information content (AvgIpc) is 2.24. The van der Waals surface area contributed by atoms with Crippen molar-refractivity contribution in [2.75, 3.05) is 13.2 Å². The Morgan fingerprint density at radius 2 is 2.27 bits per heavy atom. The summed E-state index contributed by atoms with van der Waals surface area (Å²) in [4.78, 5) is 4.06. The monoisotopic (exact) mass is 209 g/mol. The van der Waals surface area contributed by atoms with Gasteiger partial charge in [0.1, 0.15) is 0 Å². The fraction of sp³-hybridized carbons (Fsp3) is 0.583. The number of hydrogen-bond acceptors (Lipinski definition) is 3. The van der Waals surface area contributed by atoms with Gasteiger partial charge in [-0.3, -0.25) is 4.98 Å². The number of aliphatic hydroxyl groups excluding tert-OH is 1. The first-order chi connectivity index (χ1) is 7.24. The van der Waals surface area contributed by atoms with Crippen LogP contribution in [0.5, 0.6) is 0 Å². The maximum atomic E-state index is 9.85. The van der Waals surface area contributed by atoms with Crippen LogP contribution in [-0.2, 0) is 4.74 Å². The molecule has 0 radical (unpaired) electrons. The summed E-state index contributed by atoms with van der Waals surface area (Å²) in [5.41, 5.74) is 1.97. The van der Waals surface area contributed by atoms with Crippen LogP contribution >= 0.6 is 0 Å². The van der Waals surface area contributed by atoms with Gasteiger partial charge in [0.2, 0.25) is 0 Å². The third-order valence-corrected chi connectivity index (χ3v) is 2.25. The van der Waals surface area contributed by atoms with E-state index in [1.165, 1.54) is 0 Å². The summed E-state index contributed by atoms with van der Waals surface area (Å²) in [7, 11) is 0. The van der Waals surface area contributed by atoms with Crippen LogP contribution in [0, 0.1) is 6.92 Å². The van der Waals surface area contributed by atoms with Gasteiger partial charge >= 0.3 is 0 Å². The lowest BCUT2D eigenvalue weighted by atomic mass is 10.1. The second kappa shape index (κ2) is 6.53. The Morgan fingerprint density at radius 3 is 2.93 bits per heavy atom. The minimum Gasteiger partial charge on any atom is -0.388 e. The van der Waals surface area contributed by atoms with Crippen molar-refractivity contribution in [2.45, 2.75) is 32.8 Å². The van der Waals surface area contributed by atoms with Gasteiger partial charge in [-0.05, 0) is 37.8 Å². The molecule has 0 aliphatic carbocycles. The fourth-order valence-corrected chi connectivity index (χ4v) is 1.45. The second-order valence-corrected chi connectivity index (χ2v) is 3.65. The second-order valence-electron chi connectivity index (χ2n) is 3.65. The lowest BCUT2D eigenvalue weighted by Gasteiger charge is -2.10. The predicted molar refractivity (Wildman–Crippen MR) is 59.7 cm³/mol. The fourth-order valence-electron chi connectivity index (χ4n) is 1.45. The Kier molecular flexibility index (Phi) is 5.29. The molecule has 1 atom stereocenters. The molecule has 0 bridgehead atoms. The van der Waals surface area contributed by atoms with Gasteiger partial charge in [-0.1, -0.05) is 6.07 Å². The highest BCUT2D eigenvalue weighted by atomic mass is 16.5. The lowest BCUT2D eigenvalue weighted by molar-refractivity contribution is 0.114. The molecule has 1 aromatic heterocycles. The van der Waals surface area contributed by atoms with Crippen LogP contribution in [0.1, 0.15) is 37.0 Å². The van der Waals surface area contributed by atoms with Crippen molar-refractivity contribution in [2.24, 2.45) is 0 Å². The van der Waals surface area contributed by atoms with Crippen molar-refractivity contribution in [3.63, 3.8) is 0 Å². The number of pyridine rings is 1. The number of aromatic nitrogens is 1. The Balaban J connectivity index is 2.36. The molecule has 0 saturated carbocycles. The standard InChI is InChI=1S/C12H19NO2/c1-3-15-6-4-5-12(14)11-7-10(2)8-13-9-11/h7-9,12,14H,3-6H2,1-2H3. The summed E-state index contributed by atoms with van der Waals surface area (Å²) in [5, 5.41) is 9.85. The van der Waals surface area contributed by atoms with Crippen LogP contribution in [0.25, 0.3) is 0 Å². The number of aryl methyl sites for hydroxylation is 1. The molecular formula is C12H19NO2. The molecule has 0 amide bonds. The molecule has 1 heterocycles. The molecule has 0 aliphatic heterocycles. The van der Waals surface area contributed by atoms with Gasteiger partial charge in [-0.2, -0.15) is 0 Å². The van der Waals surface area contributed by atoms with Crippen LogP contribution in [0.4, 0.5) is 0 Å². The molecule has 0 spiro atoms. The molecule has 3 nitrogen and oxygen atoms in total. The third-order valence-electron chi connectivity index (χ3n) is 2.25. The van der Waals surface area contributed by atoms with Crippen LogP contribution in [-0.4, -0.2) is 23.3 Å². The molecule has 1 unspecified atom stereocenters. The van der Waals surface area contributed by atoms with Crippen molar-refractivity contribution in [3.8, 4) is 0 Å². The van der Waals surface area contributed by atoms with E-state index >= 15 is 0 Å². The molecule has 1 rings (SSSR count). The Morgan fingerprint density at radius 1 is 1.47 bits per heavy atom. The van der Waals surface area contributed by atoms with Crippen LogP contribution in [0.15, 0.2) is 18.5 Å². The summed E-state index contributed by atoms with van der Waals surface area (Å²) in [6.07, 6.45) is 4.70. The van der Waals surface area contributed by atoms with E-state index in [1.54, 1.807) is 12.4 Å². The first-order valence-corrected chi connectivity index (χ1v) is 5.41. The van der Waals surface area contributed by atoms with Gasteiger partial charge in [-0.25, -0.2) is 0 Å². The zero-order chi connectivity index (χ0) is 11.1. The number of aliphatic hydroxyl groups is 1. The van der Waals surface area contributed by atoms with Gasteiger partial charge < -0.3 is 9.84 Å². The summed E-state index contributed by atoms with van der Waals surface area (Å²) in [6, 6.07) is 1.97. The van der Waals surface area contributed by atoms with Gasteiger partial charge in [-0.15, -0.1) is 0 Å². The summed E-state index contributed by atoms with van der Waals surface area (Å²) in [5.74, 6) is 0. The molecule has 3 heteroatoms. The number of nitrogens with zero attached hydrogens (tertiary/aromatic N) is 1. The van der Waals surface area contributed by atoms with Crippen LogP contribution < -0.4 is 0 Å². The summed E-state index contributed by atoms with van der Waals surface area (Å²) < 4.78 is 5.22. The molecule has 15 heavy (non-hydrogen) atoms.